The molecule has 0 fully saturated rings. The van der Waals surface area contributed by atoms with E-state index in [1.165, 1.54) is 0 Å². The number of pyridine rings is 1. The maximum Gasteiger partial charge on any atom is 0.0875 e. The molecule has 0 aliphatic rings. The van der Waals surface area contributed by atoms with E-state index in [1.807, 2.05) is 12.1 Å². The molecule has 0 atom stereocenters. The maximum atomic E-state index is 12.1. The smallest absolute Gasteiger partial charge is 0.0875 e. The summed E-state index contributed by atoms with van der Waals surface area (Å²) >= 11 is 0. The normalized spacial score (nSPS) is 11.7. The fourth-order valence-corrected chi connectivity index (χ4v) is 0.920. The highest BCUT2D eigenvalue weighted by Gasteiger charge is 1.96. The van der Waals surface area contributed by atoms with E-state index in [1.54, 1.807) is 12.4 Å². The van der Waals surface area contributed by atoms with E-state index in [4.69, 9.17) is 5.73 Å². The molecule has 0 aromatic carbocycles. The Balaban J connectivity index is 2.64. The minimum atomic E-state index is 0.255. The molecule has 0 spiro atoms. The second-order valence-electron chi connectivity index (χ2n) is 2.51. The Morgan fingerprint density at radius 3 is 3.00 bits per heavy atom. The summed E-state index contributed by atoms with van der Waals surface area (Å²) in [7, 11) is 0. The first-order valence-corrected chi connectivity index (χ1v) is 3.74. The molecule has 3 heteroatoms. The molecule has 0 aliphatic carbocycles. The van der Waals surface area contributed by atoms with Crippen LogP contribution in [0.4, 0.5) is 4.39 Å². The summed E-state index contributed by atoms with van der Waals surface area (Å²) in [6, 6.07) is 3.72. The molecule has 1 heterocycles. The highest BCUT2D eigenvalue weighted by Crippen LogP contribution is 2.04. The highest BCUT2D eigenvalue weighted by molar-refractivity contribution is 5.17. The van der Waals surface area contributed by atoms with Gasteiger partial charge in [-0.1, -0.05) is 6.07 Å². The number of nitrogens with zero attached hydrogens (tertiary/aromatic N) is 1. The summed E-state index contributed by atoms with van der Waals surface area (Å²) in [6.45, 7) is 0.255. The van der Waals surface area contributed by atoms with E-state index in [-0.39, 0.29) is 6.54 Å². The van der Waals surface area contributed by atoms with Crippen molar-refractivity contribution in [2.24, 2.45) is 5.73 Å². The molecule has 0 unspecified atom stereocenters. The summed E-state index contributed by atoms with van der Waals surface area (Å²) < 4.78 is 12.1. The molecule has 1 rings (SSSR count). The van der Waals surface area contributed by atoms with Crippen LogP contribution >= 0.6 is 0 Å². The van der Waals surface area contributed by atoms with Gasteiger partial charge in [0.15, 0.2) is 0 Å². The third-order valence-corrected chi connectivity index (χ3v) is 1.57. The van der Waals surface area contributed by atoms with Gasteiger partial charge in [0.25, 0.3) is 0 Å². The van der Waals surface area contributed by atoms with Crippen LogP contribution in [0, 0.1) is 0 Å². The first-order valence-electron chi connectivity index (χ1n) is 3.74. The van der Waals surface area contributed by atoms with Crippen molar-refractivity contribution in [3.63, 3.8) is 0 Å². The zero-order valence-electron chi connectivity index (χ0n) is 6.70. The van der Waals surface area contributed by atoms with Gasteiger partial charge in [-0.05, 0) is 23.6 Å². The van der Waals surface area contributed by atoms with Gasteiger partial charge in [-0.25, -0.2) is 4.39 Å². The Labute approximate surface area is 70.9 Å². The van der Waals surface area contributed by atoms with E-state index in [0.29, 0.717) is 18.3 Å². The fraction of sp³-hybridized carbons (Fsp3) is 0.222. The molecular weight excluding hydrogens is 155 g/mol. The predicted molar refractivity (Wildman–Crippen MR) is 46.2 cm³/mol. The van der Waals surface area contributed by atoms with E-state index in [9.17, 15) is 4.39 Å². The lowest BCUT2D eigenvalue weighted by Crippen LogP contribution is -2.05. The van der Waals surface area contributed by atoms with Crippen LogP contribution in [-0.2, 0) is 6.42 Å². The monoisotopic (exact) mass is 166 g/mol. The van der Waals surface area contributed by atoms with Gasteiger partial charge in [-0.2, -0.15) is 0 Å². The van der Waals surface area contributed by atoms with Gasteiger partial charge < -0.3 is 5.73 Å². The van der Waals surface area contributed by atoms with Crippen LogP contribution in [0.5, 0.6) is 0 Å². The minimum absolute atomic E-state index is 0.255. The lowest BCUT2D eigenvalue weighted by molar-refractivity contribution is 0.699. The fourth-order valence-electron chi connectivity index (χ4n) is 0.920. The zero-order chi connectivity index (χ0) is 8.81. The van der Waals surface area contributed by atoms with Gasteiger partial charge in [-0.3, -0.25) is 4.98 Å². The molecule has 0 saturated carbocycles. The lowest BCUT2D eigenvalue weighted by Gasteiger charge is -2.00. The second-order valence-corrected chi connectivity index (χ2v) is 2.51. The van der Waals surface area contributed by atoms with Crippen LogP contribution in [0.15, 0.2) is 36.4 Å². The molecule has 0 aliphatic heterocycles. The molecule has 2 N–H and O–H groups in total. The van der Waals surface area contributed by atoms with Gasteiger partial charge >= 0.3 is 0 Å². The van der Waals surface area contributed by atoms with Gasteiger partial charge in [0.2, 0.25) is 0 Å². The molecule has 0 amide bonds. The first-order chi connectivity index (χ1) is 5.86. The minimum Gasteiger partial charge on any atom is -0.327 e. The van der Waals surface area contributed by atoms with Crippen LogP contribution in [-0.4, -0.2) is 11.5 Å². The summed E-state index contributed by atoms with van der Waals surface area (Å²) in [6.07, 6.45) is 4.50. The van der Waals surface area contributed by atoms with Crippen LogP contribution in [0.2, 0.25) is 0 Å². The number of rotatable bonds is 3. The van der Waals surface area contributed by atoms with Crippen molar-refractivity contribution in [1.29, 1.82) is 0 Å². The maximum absolute atomic E-state index is 12.1. The molecule has 0 radical (unpaired) electrons. The second kappa shape index (κ2) is 4.62. The number of aromatic nitrogens is 1. The van der Waals surface area contributed by atoms with Crippen molar-refractivity contribution >= 4 is 0 Å². The van der Waals surface area contributed by atoms with E-state index in [2.05, 4.69) is 4.98 Å². The van der Waals surface area contributed by atoms with Crippen LogP contribution in [0.3, 0.4) is 0 Å². The number of hydrogen-bond acceptors (Lipinski definition) is 2. The van der Waals surface area contributed by atoms with Crippen molar-refractivity contribution in [2.45, 2.75) is 6.42 Å². The van der Waals surface area contributed by atoms with Gasteiger partial charge in [0, 0.05) is 18.9 Å². The standard InChI is InChI=1S/C9H11FN2/c10-5-9(6-11)4-8-2-1-3-12-7-8/h1-3,5,7H,4,6,11H2. The predicted octanol–water partition coefficient (Wildman–Crippen LogP) is 1.44. The summed E-state index contributed by atoms with van der Waals surface area (Å²) in [5, 5.41) is 0. The Bertz CT molecular complexity index is 256. The molecule has 0 saturated heterocycles. The van der Waals surface area contributed by atoms with Crippen molar-refractivity contribution < 1.29 is 4.39 Å². The van der Waals surface area contributed by atoms with Crippen LogP contribution < -0.4 is 5.73 Å². The van der Waals surface area contributed by atoms with Crippen molar-refractivity contribution in [3.8, 4) is 0 Å². The van der Waals surface area contributed by atoms with Crippen LogP contribution in [0.1, 0.15) is 5.56 Å². The third kappa shape index (κ3) is 2.43. The molecule has 0 bridgehead atoms. The molecule has 1 aromatic heterocycles. The molecule has 2 nitrogen and oxygen atoms in total. The number of halogens is 1. The van der Waals surface area contributed by atoms with E-state index in [0.717, 1.165) is 5.56 Å². The lowest BCUT2D eigenvalue weighted by atomic mass is 10.1. The summed E-state index contributed by atoms with van der Waals surface area (Å²) in [5.74, 6) is 0. The molecule has 64 valence electrons. The topological polar surface area (TPSA) is 38.9 Å². The third-order valence-electron chi connectivity index (χ3n) is 1.57. The number of hydrogen-bond donors (Lipinski definition) is 1. The van der Waals surface area contributed by atoms with Crippen LogP contribution in [0.25, 0.3) is 0 Å². The van der Waals surface area contributed by atoms with Crippen molar-refractivity contribution in [3.05, 3.63) is 42.0 Å². The Morgan fingerprint density at radius 1 is 1.67 bits per heavy atom. The van der Waals surface area contributed by atoms with Crippen molar-refractivity contribution in [2.75, 3.05) is 6.54 Å². The van der Waals surface area contributed by atoms with Gasteiger partial charge in [0.1, 0.15) is 0 Å². The number of nitrogens with two attached hydrogens (primary N) is 1. The largest absolute Gasteiger partial charge is 0.327 e. The molecular formula is C9H11FN2. The Kier molecular flexibility index (Phi) is 3.41. The Morgan fingerprint density at radius 2 is 2.50 bits per heavy atom. The highest BCUT2D eigenvalue weighted by atomic mass is 19.1. The average molecular weight is 166 g/mol. The van der Waals surface area contributed by atoms with Gasteiger partial charge in [0.05, 0.1) is 6.33 Å². The Hall–Kier alpha value is -1.22. The summed E-state index contributed by atoms with van der Waals surface area (Å²) in [5.41, 5.74) is 6.87. The van der Waals surface area contributed by atoms with Crippen molar-refractivity contribution in [1.82, 2.24) is 4.98 Å². The quantitative estimate of drug-likeness (QED) is 0.737. The molecule has 12 heavy (non-hydrogen) atoms. The first kappa shape index (κ1) is 8.87. The van der Waals surface area contributed by atoms with Gasteiger partial charge in [-0.15, -0.1) is 0 Å². The SMILES string of the molecule is NCC(=CF)Cc1cccnc1. The van der Waals surface area contributed by atoms with E-state index < -0.39 is 0 Å². The molecule has 1 aromatic rings. The average Bonchev–Trinajstić information content (AvgIpc) is 2.16. The zero-order valence-corrected chi connectivity index (χ0v) is 6.70. The van der Waals surface area contributed by atoms with E-state index >= 15 is 0 Å². The summed E-state index contributed by atoms with van der Waals surface area (Å²) in [4.78, 5) is 3.92.